The van der Waals surface area contributed by atoms with Gasteiger partial charge in [-0.15, -0.1) is 0 Å². The molecule has 0 bridgehead atoms. The van der Waals surface area contributed by atoms with Gasteiger partial charge in [0.25, 0.3) is 0 Å². The molecule has 1 aromatic rings. The summed E-state index contributed by atoms with van der Waals surface area (Å²) >= 11 is 0. The summed E-state index contributed by atoms with van der Waals surface area (Å²) in [6.07, 6.45) is 0. The molecule has 102 valence electrons. The maximum absolute atomic E-state index is 13.3. The highest BCUT2D eigenvalue weighted by Gasteiger charge is 2.25. The third-order valence-electron chi connectivity index (χ3n) is 2.57. The molecular weight excluding hydrogens is 254 g/mol. The number of aliphatic hydroxyl groups is 2. The maximum Gasteiger partial charge on any atom is 0.185 e. The molecule has 0 spiro atoms. The minimum atomic E-state index is -1.55. The first-order valence-corrected chi connectivity index (χ1v) is 5.13. The van der Waals surface area contributed by atoms with Gasteiger partial charge in [0.05, 0.1) is 13.2 Å². The van der Waals surface area contributed by atoms with Crippen molar-refractivity contribution in [3.8, 4) is 0 Å². The van der Waals surface area contributed by atoms with Crippen LogP contribution in [0, 0.1) is 28.7 Å². The summed E-state index contributed by atoms with van der Waals surface area (Å²) in [6.45, 7) is 0.261. The molecular formula is C11H13F4NO2. The Kier molecular flexibility index (Phi) is 4.53. The van der Waals surface area contributed by atoms with Crippen LogP contribution in [0.1, 0.15) is 6.92 Å². The molecule has 0 amide bonds. The molecule has 3 nitrogen and oxygen atoms in total. The van der Waals surface area contributed by atoms with E-state index in [0.29, 0.717) is 0 Å². The Morgan fingerprint density at radius 1 is 1.06 bits per heavy atom. The van der Waals surface area contributed by atoms with Crippen LogP contribution in [0.4, 0.5) is 23.2 Å². The average molecular weight is 267 g/mol. The Morgan fingerprint density at radius 3 is 1.89 bits per heavy atom. The van der Waals surface area contributed by atoms with Gasteiger partial charge in [0.1, 0.15) is 5.69 Å². The molecule has 1 aromatic carbocycles. The fraction of sp³-hybridized carbons (Fsp3) is 0.455. The van der Waals surface area contributed by atoms with Crippen molar-refractivity contribution in [2.24, 2.45) is 5.41 Å². The summed E-state index contributed by atoms with van der Waals surface area (Å²) in [6, 6.07) is 0.104. The number of anilines is 1. The monoisotopic (exact) mass is 267 g/mol. The number of aliphatic hydroxyl groups excluding tert-OH is 2. The lowest BCUT2D eigenvalue weighted by atomic mass is 9.93. The van der Waals surface area contributed by atoms with Crippen molar-refractivity contribution in [3.05, 3.63) is 29.3 Å². The number of nitrogens with one attached hydrogen (secondary N) is 1. The molecule has 0 radical (unpaired) electrons. The molecule has 0 aliphatic carbocycles. The van der Waals surface area contributed by atoms with Gasteiger partial charge in [-0.3, -0.25) is 0 Å². The van der Waals surface area contributed by atoms with Gasteiger partial charge in [-0.25, -0.2) is 17.6 Å². The zero-order valence-corrected chi connectivity index (χ0v) is 9.60. The quantitative estimate of drug-likeness (QED) is 0.561. The van der Waals surface area contributed by atoms with Crippen LogP contribution in [0.3, 0.4) is 0 Å². The Morgan fingerprint density at radius 2 is 1.50 bits per heavy atom. The van der Waals surface area contributed by atoms with Crippen molar-refractivity contribution < 1.29 is 27.8 Å². The normalized spacial score (nSPS) is 11.7. The fourth-order valence-electron chi connectivity index (χ4n) is 1.19. The number of rotatable bonds is 5. The topological polar surface area (TPSA) is 52.5 Å². The van der Waals surface area contributed by atoms with E-state index in [1.54, 1.807) is 0 Å². The Labute approximate surface area is 101 Å². The molecule has 0 unspecified atom stereocenters. The molecule has 0 atom stereocenters. The molecule has 0 fully saturated rings. The summed E-state index contributed by atoms with van der Waals surface area (Å²) in [5.41, 5.74) is -2.03. The van der Waals surface area contributed by atoms with E-state index in [1.165, 1.54) is 6.92 Å². The van der Waals surface area contributed by atoms with Gasteiger partial charge in [0, 0.05) is 18.0 Å². The highest BCUT2D eigenvalue weighted by molar-refractivity contribution is 5.47. The summed E-state index contributed by atoms with van der Waals surface area (Å²) in [4.78, 5) is 0. The highest BCUT2D eigenvalue weighted by Crippen LogP contribution is 2.25. The van der Waals surface area contributed by atoms with Crippen LogP contribution >= 0.6 is 0 Å². The Hall–Kier alpha value is -1.34. The number of halogens is 4. The third kappa shape index (κ3) is 2.91. The SMILES string of the molecule is CC(CO)(CO)CNc1c(F)c(F)cc(F)c1F. The van der Waals surface area contributed by atoms with Gasteiger partial charge in [-0.2, -0.15) is 0 Å². The van der Waals surface area contributed by atoms with E-state index in [-0.39, 0.29) is 12.6 Å². The number of hydrogen-bond acceptors (Lipinski definition) is 3. The molecule has 3 N–H and O–H groups in total. The average Bonchev–Trinajstić information content (AvgIpc) is 2.36. The molecule has 7 heteroatoms. The van der Waals surface area contributed by atoms with E-state index < -0.39 is 47.6 Å². The summed E-state index contributed by atoms with van der Waals surface area (Å²) in [5, 5.41) is 20.1. The molecule has 0 heterocycles. The fourth-order valence-corrected chi connectivity index (χ4v) is 1.19. The molecule has 0 aliphatic heterocycles. The molecule has 0 aromatic heterocycles. The third-order valence-corrected chi connectivity index (χ3v) is 2.57. The van der Waals surface area contributed by atoms with Gasteiger partial charge in [-0.05, 0) is 0 Å². The van der Waals surface area contributed by atoms with Crippen molar-refractivity contribution in [2.75, 3.05) is 25.1 Å². The van der Waals surface area contributed by atoms with Crippen LogP contribution in [-0.4, -0.2) is 30.0 Å². The van der Waals surface area contributed by atoms with Crippen molar-refractivity contribution in [1.82, 2.24) is 0 Å². The highest BCUT2D eigenvalue weighted by atomic mass is 19.2. The van der Waals surface area contributed by atoms with E-state index in [9.17, 15) is 17.6 Å². The predicted octanol–water partition coefficient (Wildman–Crippen LogP) is 1.65. The zero-order chi connectivity index (χ0) is 13.9. The maximum atomic E-state index is 13.3. The second-order valence-electron chi connectivity index (χ2n) is 4.32. The second kappa shape index (κ2) is 5.53. The van der Waals surface area contributed by atoms with Crippen LogP contribution in [0.5, 0.6) is 0 Å². The van der Waals surface area contributed by atoms with Gasteiger partial charge in [0.2, 0.25) is 0 Å². The van der Waals surface area contributed by atoms with Gasteiger partial charge in [0.15, 0.2) is 23.3 Å². The van der Waals surface area contributed by atoms with Gasteiger partial charge in [-0.1, -0.05) is 6.92 Å². The van der Waals surface area contributed by atoms with Crippen molar-refractivity contribution in [3.63, 3.8) is 0 Å². The first kappa shape index (κ1) is 14.7. The number of benzene rings is 1. The van der Waals surface area contributed by atoms with Crippen LogP contribution in [0.25, 0.3) is 0 Å². The van der Waals surface area contributed by atoms with Crippen LogP contribution in [0.2, 0.25) is 0 Å². The van der Waals surface area contributed by atoms with Crippen LogP contribution in [-0.2, 0) is 0 Å². The molecule has 0 saturated carbocycles. The molecule has 0 saturated heterocycles. The van der Waals surface area contributed by atoms with E-state index in [2.05, 4.69) is 5.32 Å². The van der Waals surface area contributed by atoms with Gasteiger partial charge >= 0.3 is 0 Å². The Bertz CT molecular complexity index is 409. The summed E-state index contributed by atoms with van der Waals surface area (Å²) in [5.74, 6) is -6.14. The van der Waals surface area contributed by atoms with Crippen LogP contribution < -0.4 is 5.32 Å². The smallest absolute Gasteiger partial charge is 0.185 e. The first-order chi connectivity index (χ1) is 8.34. The lowest BCUT2D eigenvalue weighted by Crippen LogP contribution is -2.34. The molecule has 1 rings (SSSR count). The standard InChI is InChI=1S/C11H13F4NO2/c1-11(4-17,5-18)3-16-10-8(14)6(12)2-7(13)9(10)15/h2,16-18H,3-5H2,1H3. The number of hydrogen-bond donors (Lipinski definition) is 3. The van der Waals surface area contributed by atoms with Crippen molar-refractivity contribution in [1.29, 1.82) is 0 Å². The summed E-state index contributed by atoms with van der Waals surface area (Å²) < 4.78 is 52.3. The van der Waals surface area contributed by atoms with Crippen LogP contribution in [0.15, 0.2) is 6.07 Å². The zero-order valence-electron chi connectivity index (χ0n) is 9.60. The van der Waals surface area contributed by atoms with E-state index in [4.69, 9.17) is 10.2 Å². The lowest BCUT2D eigenvalue weighted by molar-refractivity contribution is 0.0805. The van der Waals surface area contributed by atoms with Crippen molar-refractivity contribution in [2.45, 2.75) is 6.92 Å². The first-order valence-electron chi connectivity index (χ1n) is 5.13. The minimum absolute atomic E-state index is 0.104. The van der Waals surface area contributed by atoms with Crippen molar-refractivity contribution >= 4 is 5.69 Å². The Balaban J connectivity index is 2.98. The molecule has 0 aliphatic rings. The minimum Gasteiger partial charge on any atom is -0.396 e. The van der Waals surface area contributed by atoms with E-state index in [0.717, 1.165) is 0 Å². The van der Waals surface area contributed by atoms with E-state index in [1.807, 2.05) is 0 Å². The van der Waals surface area contributed by atoms with E-state index >= 15 is 0 Å². The second-order valence-corrected chi connectivity index (χ2v) is 4.32. The predicted molar refractivity (Wildman–Crippen MR) is 57.0 cm³/mol. The largest absolute Gasteiger partial charge is 0.396 e. The molecule has 18 heavy (non-hydrogen) atoms. The lowest BCUT2D eigenvalue weighted by Gasteiger charge is -2.25. The van der Waals surface area contributed by atoms with Gasteiger partial charge < -0.3 is 15.5 Å². The summed E-state index contributed by atoms with van der Waals surface area (Å²) in [7, 11) is 0.